The molecule has 0 bridgehead atoms. The number of halogens is 1. The van der Waals surface area contributed by atoms with Crippen molar-refractivity contribution < 1.29 is 0 Å². The SMILES string of the molecule is NC[C@@H]1CCCN1c1ccc(Cl)nn1. The molecule has 4 nitrogen and oxygen atoms in total. The van der Waals surface area contributed by atoms with Gasteiger partial charge in [-0.15, -0.1) is 10.2 Å². The summed E-state index contributed by atoms with van der Waals surface area (Å²) in [5.41, 5.74) is 5.68. The molecule has 0 saturated carbocycles. The van der Waals surface area contributed by atoms with Crippen LogP contribution in [0, 0.1) is 0 Å². The number of rotatable bonds is 2. The predicted octanol–water partition coefficient (Wildman–Crippen LogP) is 1.06. The average molecular weight is 213 g/mol. The van der Waals surface area contributed by atoms with E-state index in [-0.39, 0.29) is 0 Å². The van der Waals surface area contributed by atoms with E-state index in [0.29, 0.717) is 17.7 Å². The fraction of sp³-hybridized carbons (Fsp3) is 0.556. The van der Waals surface area contributed by atoms with E-state index in [4.69, 9.17) is 17.3 Å². The Hall–Kier alpha value is -0.870. The maximum Gasteiger partial charge on any atom is 0.151 e. The second-order valence-corrected chi connectivity index (χ2v) is 3.83. The van der Waals surface area contributed by atoms with Crippen molar-refractivity contribution in [1.82, 2.24) is 10.2 Å². The molecule has 1 saturated heterocycles. The zero-order valence-electron chi connectivity index (χ0n) is 7.86. The van der Waals surface area contributed by atoms with Gasteiger partial charge < -0.3 is 10.6 Å². The molecule has 2 rings (SSSR count). The molecule has 0 aliphatic carbocycles. The molecule has 1 fully saturated rings. The number of anilines is 1. The molecule has 0 amide bonds. The van der Waals surface area contributed by atoms with Gasteiger partial charge in [-0.3, -0.25) is 0 Å². The molecule has 1 aromatic rings. The van der Waals surface area contributed by atoms with Crippen LogP contribution in [0.1, 0.15) is 12.8 Å². The summed E-state index contributed by atoms with van der Waals surface area (Å²) < 4.78 is 0. The highest BCUT2D eigenvalue weighted by atomic mass is 35.5. The maximum absolute atomic E-state index is 5.68. The number of nitrogens with zero attached hydrogens (tertiary/aromatic N) is 3. The van der Waals surface area contributed by atoms with Crippen molar-refractivity contribution >= 4 is 17.4 Å². The fourth-order valence-electron chi connectivity index (χ4n) is 1.84. The van der Waals surface area contributed by atoms with Crippen LogP contribution in [-0.4, -0.2) is 29.3 Å². The minimum absolute atomic E-state index is 0.408. The molecule has 1 atom stereocenters. The van der Waals surface area contributed by atoms with Crippen LogP contribution >= 0.6 is 11.6 Å². The standard InChI is InChI=1S/C9H13ClN4/c10-8-3-4-9(13-12-8)14-5-1-2-7(14)6-11/h3-4,7H,1-2,5-6,11H2/t7-/m0/s1. The number of aromatic nitrogens is 2. The lowest BCUT2D eigenvalue weighted by atomic mass is 10.2. The number of nitrogens with two attached hydrogens (primary N) is 1. The van der Waals surface area contributed by atoms with Gasteiger partial charge in [0.05, 0.1) is 0 Å². The average Bonchev–Trinajstić information content (AvgIpc) is 2.67. The predicted molar refractivity (Wildman–Crippen MR) is 56.5 cm³/mol. The van der Waals surface area contributed by atoms with Crippen LogP contribution in [0.4, 0.5) is 5.82 Å². The summed E-state index contributed by atoms with van der Waals surface area (Å²) in [4.78, 5) is 2.20. The molecule has 2 heterocycles. The molecule has 1 aliphatic heterocycles. The third-order valence-electron chi connectivity index (χ3n) is 2.56. The summed E-state index contributed by atoms with van der Waals surface area (Å²) in [6.07, 6.45) is 2.31. The lowest BCUT2D eigenvalue weighted by Crippen LogP contribution is -2.35. The van der Waals surface area contributed by atoms with Crippen molar-refractivity contribution in [2.45, 2.75) is 18.9 Å². The van der Waals surface area contributed by atoms with Crippen LogP contribution in [0.2, 0.25) is 5.15 Å². The van der Waals surface area contributed by atoms with Gasteiger partial charge in [-0.25, -0.2) is 0 Å². The van der Waals surface area contributed by atoms with Crippen LogP contribution < -0.4 is 10.6 Å². The normalized spacial score (nSPS) is 21.6. The number of hydrogen-bond acceptors (Lipinski definition) is 4. The zero-order valence-corrected chi connectivity index (χ0v) is 8.61. The van der Waals surface area contributed by atoms with Crippen LogP contribution in [0.5, 0.6) is 0 Å². The van der Waals surface area contributed by atoms with E-state index < -0.39 is 0 Å². The third kappa shape index (κ3) is 1.81. The number of hydrogen-bond donors (Lipinski definition) is 1. The van der Waals surface area contributed by atoms with E-state index in [9.17, 15) is 0 Å². The van der Waals surface area contributed by atoms with Crippen molar-refractivity contribution in [1.29, 1.82) is 0 Å². The molecule has 0 radical (unpaired) electrons. The molecular formula is C9H13ClN4. The molecule has 2 N–H and O–H groups in total. The van der Waals surface area contributed by atoms with Gasteiger partial charge in [-0.1, -0.05) is 11.6 Å². The van der Waals surface area contributed by atoms with Crippen molar-refractivity contribution in [2.24, 2.45) is 5.73 Å². The minimum atomic E-state index is 0.408. The van der Waals surface area contributed by atoms with E-state index in [1.165, 1.54) is 6.42 Å². The Labute approximate surface area is 88.1 Å². The highest BCUT2D eigenvalue weighted by molar-refractivity contribution is 6.29. The molecule has 1 aromatic heterocycles. The summed E-state index contributed by atoms with van der Waals surface area (Å²) in [7, 11) is 0. The van der Waals surface area contributed by atoms with Gasteiger partial charge in [0.1, 0.15) is 0 Å². The Morgan fingerprint density at radius 1 is 1.50 bits per heavy atom. The largest absolute Gasteiger partial charge is 0.351 e. The molecule has 14 heavy (non-hydrogen) atoms. The quantitative estimate of drug-likeness (QED) is 0.797. The second kappa shape index (κ2) is 4.11. The van der Waals surface area contributed by atoms with Crippen LogP contribution in [0.25, 0.3) is 0 Å². The summed E-state index contributed by atoms with van der Waals surface area (Å²) in [5.74, 6) is 0.877. The Morgan fingerprint density at radius 2 is 2.36 bits per heavy atom. The lowest BCUT2D eigenvalue weighted by Gasteiger charge is -2.23. The smallest absolute Gasteiger partial charge is 0.151 e. The van der Waals surface area contributed by atoms with Gasteiger partial charge in [-0.2, -0.15) is 0 Å². The Bertz CT molecular complexity index is 300. The molecule has 1 aliphatic rings. The second-order valence-electron chi connectivity index (χ2n) is 3.44. The molecule has 5 heteroatoms. The van der Waals surface area contributed by atoms with E-state index in [0.717, 1.165) is 18.8 Å². The first-order valence-electron chi connectivity index (χ1n) is 4.77. The van der Waals surface area contributed by atoms with Gasteiger partial charge in [0.25, 0.3) is 0 Å². The molecule has 76 valence electrons. The van der Waals surface area contributed by atoms with Crippen LogP contribution in [0.3, 0.4) is 0 Å². The first-order valence-corrected chi connectivity index (χ1v) is 5.15. The third-order valence-corrected chi connectivity index (χ3v) is 2.76. The highest BCUT2D eigenvalue weighted by Gasteiger charge is 2.24. The van der Waals surface area contributed by atoms with Gasteiger partial charge in [0.2, 0.25) is 0 Å². The maximum atomic E-state index is 5.68. The van der Waals surface area contributed by atoms with Crippen LogP contribution in [0.15, 0.2) is 12.1 Å². The molecule has 0 spiro atoms. The van der Waals surface area contributed by atoms with Gasteiger partial charge in [0, 0.05) is 19.1 Å². The fourth-order valence-corrected chi connectivity index (χ4v) is 1.95. The highest BCUT2D eigenvalue weighted by Crippen LogP contribution is 2.22. The topological polar surface area (TPSA) is 55.0 Å². The van der Waals surface area contributed by atoms with Crippen LogP contribution in [-0.2, 0) is 0 Å². The molecular weight excluding hydrogens is 200 g/mol. The lowest BCUT2D eigenvalue weighted by molar-refractivity contribution is 0.667. The van der Waals surface area contributed by atoms with Crippen molar-refractivity contribution in [3.63, 3.8) is 0 Å². The van der Waals surface area contributed by atoms with Gasteiger partial charge >= 0.3 is 0 Å². The van der Waals surface area contributed by atoms with E-state index in [2.05, 4.69) is 15.1 Å². The van der Waals surface area contributed by atoms with E-state index in [1.807, 2.05) is 6.07 Å². The summed E-state index contributed by atoms with van der Waals surface area (Å²) >= 11 is 5.67. The van der Waals surface area contributed by atoms with Gasteiger partial charge in [0.15, 0.2) is 11.0 Å². The summed E-state index contributed by atoms with van der Waals surface area (Å²) in [6, 6.07) is 4.06. The molecule has 0 unspecified atom stereocenters. The summed E-state index contributed by atoms with van der Waals surface area (Å²) in [5, 5.41) is 8.30. The zero-order chi connectivity index (χ0) is 9.97. The van der Waals surface area contributed by atoms with Gasteiger partial charge in [-0.05, 0) is 25.0 Å². The van der Waals surface area contributed by atoms with Crippen molar-refractivity contribution in [2.75, 3.05) is 18.0 Å². The van der Waals surface area contributed by atoms with E-state index in [1.54, 1.807) is 6.07 Å². The minimum Gasteiger partial charge on any atom is -0.351 e. The monoisotopic (exact) mass is 212 g/mol. The first-order chi connectivity index (χ1) is 6.81. The molecule has 0 aromatic carbocycles. The Balaban J connectivity index is 2.17. The Morgan fingerprint density at radius 3 is 3.00 bits per heavy atom. The van der Waals surface area contributed by atoms with Crippen molar-refractivity contribution in [3.05, 3.63) is 17.3 Å². The van der Waals surface area contributed by atoms with E-state index >= 15 is 0 Å². The summed E-state index contributed by atoms with van der Waals surface area (Å²) in [6.45, 7) is 1.68. The first kappa shape index (κ1) is 9.68. The van der Waals surface area contributed by atoms with Crippen molar-refractivity contribution in [3.8, 4) is 0 Å². The Kier molecular flexibility index (Phi) is 2.84.